The van der Waals surface area contributed by atoms with Crippen LogP contribution in [0.2, 0.25) is 0 Å². The van der Waals surface area contributed by atoms with E-state index in [0.717, 1.165) is 0 Å². The van der Waals surface area contributed by atoms with Crippen molar-refractivity contribution < 1.29 is 19.1 Å². The molecule has 3 atom stereocenters. The molecule has 2 heterocycles. The third-order valence-electron chi connectivity index (χ3n) is 4.53. The maximum atomic E-state index is 12.6. The number of morpholine rings is 1. The number of benzene rings is 1. The Morgan fingerprint density at radius 2 is 2.12 bits per heavy atom. The van der Waals surface area contributed by atoms with Gasteiger partial charge < -0.3 is 25.0 Å². The Labute approximate surface area is 147 Å². The standard InChI is InChI=1S/C18H25N3O4/c1-11(2)19-17(22)15-8-14-9-21(10-16(15)25-14)18(23)20-12-5-4-6-13(7-12)24-3/h4-7,11,14-16H,8-10H2,1-3H3,(H,19,22)(H,20,23)/t14-,15+,16-/m1/s1. The van der Waals surface area contributed by atoms with Gasteiger partial charge in [0.1, 0.15) is 5.75 Å². The molecular formula is C18H25N3O4. The monoisotopic (exact) mass is 347 g/mol. The molecule has 0 radical (unpaired) electrons. The Morgan fingerprint density at radius 3 is 2.84 bits per heavy atom. The number of urea groups is 1. The summed E-state index contributed by atoms with van der Waals surface area (Å²) in [6.45, 7) is 4.79. The summed E-state index contributed by atoms with van der Waals surface area (Å²) in [6.07, 6.45) is 0.331. The van der Waals surface area contributed by atoms with Crippen molar-refractivity contribution in [3.05, 3.63) is 24.3 Å². The van der Waals surface area contributed by atoms with E-state index in [9.17, 15) is 9.59 Å². The molecule has 1 aromatic rings. The topological polar surface area (TPSA) is 79.9 Å². The van der Waals surface area contributed by atoms with Crippen molar-refractivity contribution in [2.45, 2.75) is 38.5 Å². The smallest absolute Gasteiger partial charge is 0.322 e. The van der Waals surface area contributed by atoms with E-state index in [-0.39, 0.29) is 36.1 Å². The number of nitrogens with zero attached hydrogens (tertiary/aromatic N) is 1. The van der Waals surface area contributed by atoms with Crippen molar-refractivity contribution in [2.24, 2.45) is 5.92 Å². The van der Waals surface area contributed by atoms with Crippen LogP contribution in [-0.4, -0.2) is 55.3 Å². The van der Waals surface area contributed by atoms with E-state index >= 15 is 0 Å². The summed E-state index contributed by atoms with van der Waals surface area (Å²) in [5, 5.41) is 5.82. The average molecular weight is 347 g/mol. The molecule has 2 aliphatic rings. The van der Waals surface area contributed by atoms with Crippen molar-refractivity contribution in [3.63, 3.8) is 0 Å². The predicted octanol–water partition coefficient (Wildman–Crippen LogP) is 1.84. The van der Waals surface area contributed by atoms with Gasteiger partial charge in [0.05, 0.1) is 25.2 Å². The molecule has 3 amide bonds. The summed E-state index contributed by atoms with van der Waals surface area (Å²) in [7, 11) is 1.59. The molecule has 2 fully saturated rings. The molecule has 0 aliphatic carbocycles. The zero-order chi connectivity index (χ0) is 18.0. The van der Waals surface area contributed by atoms with E-state index in [2.05, 4.69) is 10.6 Å². The molecule has 0 unspecified atom stereocenters. The summed E-state index contributed by atoms with van der Waals surface area (Å²) < 4.78 is 11.0. The maximum absolute atomic E-state index is 12.6. The number of carbonyl (C=O) groups excluding carboxylic acids is 2. The van der Waals surface area contributed by atoms with Crippen molar-refractivity contribution in [3.8, 4) is 5.75 Å². The molecule has 2 bridgehead atoms. The van der Waals surface area contributed by atoms with Crippen LogP contribution in [0, 0.1) is 5.92 Å². The summed E-state index contributed by atoms with van der Waals surface area (Å²) >= 11 is 0. The quantitative estimate of drug-likeness (QED) is 0.871. The molecule has 2 saturated heterocycles. The van der Waals surface area contributed by atoms with Gasteiger partial charge in [-0.1, -0.05) is 6.07 Å². The fourth-order valence-electron chi connectivity index (χ4n) is 3.39. The van der Waals surface area contributed by atoms with E-state index < -0.39 is 0 Å². The zero-order valence-corrected chi connectivity index (χ0v) is 14.8. The van der Waals surface area contributed by atoms with Gasteiger partial charge in [0.15, 0.2) is 0 Å². The fraction of sp³-hybridized carbons (Fsp3) is 0.556. The number of amides is 3. The van der Waals surface area contributed by atoms with Crippen LogP contribution in [0.25, 0.3) is 0 Å². The second-order valence-corrected chi connectivity index (χ2v) is 6.87. The molecular weight excluding hydrogens is 322 g/mol. The van der Waals surface area contributed by atoms with Crippen molar-refractivity contribution in [2.75, 3.05) is 25.5 Å². The summed E-state index contributed by atoms with van der Waals surface area (Å²) in [5.74, 6) is 0.504. The highest BCUT2D eigenvalue weighted by Gasteiger charge is 2.45. The summed E-state index contributed by atoms with van der Waals surface area (Å²) in [6, 6.07) is 7.14. The van der Waals surface area contributed by atoms with E-state index in [1.165, 1.54) is 0 Å². The first kappa shape index (κ1) is 17.5. The van der Waals surface area contributed by atoms with Gasteiger partial charge in [-0.15, -0.1) is 0 Å². The van der Waals surface area contributed by atoms with Crippen LogP contribution < -0.4 is 15.4 Å². The van der Waals surface area contributed by atoms with E-state index in [1.807, 2.05) is 32.0 Å². The molecule has 7 heteroatoms. The lowest BCUT2D eigenvalue weighted by Crippen LogP contribution is -2.49. The largest absolute Gasteiger partial charge is 0.497 e. The van der Waals surface area contributed by atoms with E-state index in [4.69, 9.17) is 9.47 Å². The minimum absolute atomic E-state index is 0.0116. The lowest BCUT2D eigenvalue weighted by Gasteiger charge is -2.32. The minimum atomic E-state index is -0.242. The lowest BCUT2D eigenvalue weighted by molar-refractivity contribution is -0.128. The molecule has 2 N–H and O–H groups in total. The number of likely N-dealkylation sites (tertiary alicyclic amines) is 1. The fourth-order valence-corrected chi connectivity index (χ4v) is 3.39. The van der Waals surface area contributed by atoms with Crippen molar-refractivity contribution in [1.29, 1.82) is 0 Å². The molecule has 0 saturated carbocycles. The highest BCUT2D eigenvalue weighted by atomic mass is 16.5. The number of carbonyl (C=O) groups is 2. The maximum Gasteiger partial charge on any atom is 0.322 e. The molecule has 3 rings (SSSR count). The number of nitrogens with one attached hydrogen (secondary N) is 2. The molecule has 136 valence electrons. The van der Waals surface area contributed by atoms with Gasteiger partial charge in [-0.2, -0.15) is 0 Å². The normalized spacial score (nSPS) is 25.0. The Balaban J connectivity index is 1.61. The molecule has 0 aromatic heterocycles. The molecule has 1 aromatic carbocycles. The van der Waals surface area contributed by atoms with Crippen molar-refractivity contribution in [1.82, 2.24) is 10.2 Å². The third kappa shape index (κ3) is 4.04. The summed E-state index contributed by atoms with van der Waals surface area (Å²) in [5.41, 5.74) is 0.678. The molecule has 7 nitrogen and oxygen atoms in total. The molecule has 0 spiro atoms. The van der Waals surface area contributed by atoms with Gasteiger partial charge in [-0.3, -0.25) is 4.79 Å². The Bertz CT molecular complexity index is 649. The Kier molecular flexibility index (Phi) is 5.13. The summed E-state index contributed by atoms with van der Waals surface area (Å²) in [4.78, 5) is 26.6. The first-order valence-electron chi connectivity index (χ1n) is 8.62. The van der Waals surface area contributed by atoms with Crippen LogP contribution in [0.1, 0.15) is 20.3 Å². The van der Waals surface area contributed by atoms with Gasteiger partial charge in [0.25, 0.3) is 0 Å². The molecule has 25 heavy (non-hydrogen) atoms. The zero-order valence-electron chi connectivity index (χ0n) is 14.8. The number of rotatable bonds is 4. The Morgan fingerprint density at radius 1 is 1.32 bits per heavy atom. The first-order chi connectivity index (χ1) is 12.0. The van der Waals surface area contributed by atoms with E-state index in [0.29, 0.717) is 30.9 Å². The van der Waals surface area contributed by atoms with Crippen LogP contribution in [-0.2, 0) is 9.53 Å². The number of methoxy groups -OCH3 is 1. The van der Waals surface area contributed by atoms with Crippen molar-refractivity contribution >= 4 is 17.6 Å². The molecule has 2 aliphatic heterocycles. The van der Waals surface area contributed by atoms with Gasteiger partial charge in [0.2, 0.25) is 5.91 Å². The first-order valence-corrected chi connectivity index (χ1v) is 8.62. The third-order valence-corrected chi connectivity index (χ3v) is 4.53. The number of hydrogen-bond acceptors (Lipinski definition) is 4. The van der Waals surface area contributed by atoms with Crippen LogP contribution >= 0.6 is 0 Å². The second kappa shape index (κ2) is 7.31. The number of anilines is 1. The van der Waals surface area contributed by atoms with Crippen LogP contribution in [0.5, 0.6) is 5.75 Å². The van der Waals surface area contributed by atoms with Gasteiger partial charge >= 0.3 is 6.03 Å². The van der Waals surface area contributed by atoms with Gasteiger partial charge in [-0.05, 0) is 32.4 Å². The lowest BCUT2D eigenvalue weighted by atomic mass is 9.99. The second-order valence-electron chi connectivity index (χ2n) is 6.87. The van der Waals surface area contributed by atoms with Gasteiger partial charge in [0, 0.05) is 30.9 Å². The number of hydrogen-bond donors (Lipinski definition) is 2. The highest BCUT2D eigenvalue weighted by molar-refractivity contribution is 5.90. The highest BCUT2D eigenvalue weighted by Crippen LogP contribution is 2.32. The van der Waals surface area contributed by atoms with Gasteiger partial charge in [-0.25, -0.2) is 4.79 Å². The predicted molar refractivity (Wildman–Crippen MR) is 93.6 cm³/mol. The van der Waals surface area contributed by atoms with Crippen LogP contribution in [0.3, 0.4) is 0 Å². The van der Waals surface area contributed by atoms with Crippen LogP contribution in [0.15, 0.2) is 24.3 Å². The number of ether oxygens (including phenoxy) is 2. The SMILES string of the molecule is COc1cccc(NC(=O)N2C[C@H]3C[C@H](C(=O)NC(C)C)[C@@H](C2)O3)c1. The van der Waals surface area contributed by atoms with Crippen LogP contribution in [0.4, 0.5) is 10.5 Å². The number of fused-ring (bicyclic) bond motifs is 2. The Hall–Kier alpha value is -2.28. The average Bonchev–Trinajstić information content (AvgIpc) is 2.88. The minimum Gasteiger partial charge on any atom is -0.497 e. The van der Waals surface area contributed by atoms with E-state index in [1.54, 1.807) is 18.1 Å².